The Bertz CT molecular complexity index is 691. The van der Waals surface area contributed by atoms with Gasteiger partial charge in [-0.05, 0) is 37.3 Å². The zero-order valence-electron chi connectivity index (χ0n) is 13.7. The highest BCUT2D eigenvalue weighted by Crippen LogP contribution is 2.38. The molecule has 1 heterocycles. The monoisotopic (exact) mass is 463 g/mol. The van der Waals surface area contributed by atoms with Crippen LogP contribution in [0.4, 0.5) is 32.0 Å². The van der Waals surface area contributed by atoms with Gasteiger partial charge >= 0.3 is 12.4 Å². The van der Waals surface area contributed by atoms with Crippen LogP contribution >= 0.6 is 27.7 Å². The topological polar surface area (TPSA) is 36.4 Å². The summed E-state index contributed by atoms with van der Waals surface area (Å²) in [6.45, 7) is 3.33. The van der Waals surface area contributed by atoms with Gasteiger partial charge in [0.05, 0.1) is 21.8 Å². The van der Waals surface area contributed by atoms with Gasteiger partial charge in [0.25, 0.3) is 0 Å². The predicted octanol–water partition coefficient (Wildman–Crippen LogP) is 5.44. The summed E-state index contributed by atoms with van der Waals surface area (Å²) in [7, 11) is 0. The van der Waals surface area contributed by atoms with E-state index in [4.69, 9.17) is 0 Å². The molecule has 2 atom stereocenters. The molecule has 2 rings (SSSR count). The molecule has 146 valence electrons. The Morgan fingerprint density at radius 3 is 2.46 bits per heavy atom. The zero-order chi connectivity index (χ0) is 19.8. The molecular formula is C15H16BrF6N3S. The van der Waals surface area contributed by atoms with Gasteiger partial charge in [0.15, 0.2) is 0 Å². The summed E-state index contributed by atoms with van der Waals surface area (Å²) in [6, 6.07) is 1.71. The van der Waals surface area contributed by atoms with Crippen LogP contribution in [0.1, 0.15) is 25.8 Å². The Morgan fingerprint density at radius 1 is 1.31 bits per heavy atom. The molecule has 0 saturated carbocycles. The first-order valence-corrected chi connectivity index (χ1v) is 9.33. The minimum absolute atomic E-state index is 0.0231. The number of alkyl halides is 6. The van der Waals surface area contributed by atoms with E-state index in [0.717, 1.165) is 6.07 Å². The lowest BCUT2D eigenvalue weighted by Crippen LogP contribution is -2.47. The first-order chi connectivity index (χ1) is 11.9. The second-order valence-corrected chi connectivity index (χ2v) is 8.02. The summed E-state index contributed by atoms with van der Waals surface area (Å²) in [5.41, 5.74) is 2.78. The smallest absolute Gasteiger partial charge is 0.245 e. The molecule has 0 aromatic heterocycles. The van der Waals surface area contributed by atoms with Gasteiger partial charge in [-0.15, -0.1) is 11.8 Å². The van der Waals surface area contributed by atoms with Gasteiger partial charge < -0.3 is 0 Å². The van der Waals surface area contributed by atoms with E-state index >= 15 is 0 Å². The van der Waals surface area contributed by atoms with Crippen LogP contribution in [0.2, 0.25) is 0 Å². The van der Waals surface area contributed by atoms with Crippen molar-refractivity contribution in [1.29, 1.82) is 0 Å². The van der Waals surface area contributed by atoms with Crippen molar-refractivity contribution in [3.05, 3.63) is 28.2 Å². The number of aliphatic imine (C=N–C) groups is 1. The number of rotatable bonds is 3. The van der Waals surface area contributed by atoms with Crippen molar-refractivity contribution in [2.75, 3.05) is 5.75 Å². The highest BCUT2D eigenvalue weighted by molar-refractivity contribution is 9.10. The lowest BCUT2D eigenvalue weighted by Gasteiger charge is -2.25. The number of hydrogen-bond acceptors (Lipinski definition) is 4. The van der Waals surface area contributed by atoms with Crippen molar-refractivity contribution in [2.45, 2.75) is 44.2 Å². The third kappa shape index (κ3) is 4.93. The number of nitrogens with zero attached hydrogens (tertiary/aromatic N) is 1. The first kappa shape index (κ1) is 21.5. The summed E-state index contributed by atoms with van der Waals surface area (Å²) < 4.78 is 77.8. The molecule has 0 radical (unpaired) electrons. The summed E-state index contributed by atoms with van der Waals surface area (Å²) in [6.07, 6.45) is -9.32. The average molecular weight is 464 g/mol. The third-order valence-corrected chi connectivity index (χ3v) is 5.56. The highest BCUT2D eigenvalue weighted by Gasteiger charge is 2.50. The van der Waals surface area contributed by atoms with Crippen LogP contribution in [0.5, 0.6) is 0 Å². The average Bonchev–Trinajstić information content (AvgIpc) is 2.91. The van der Waals surface area contributed by atoms with Crippen molar-refractivity contribution in [2.24, 2.45) is 4.99 Å². The van der Waals surface area contributed by atoms with Gasteiger partial charge in [0.1, 0.15) is 6.04 Å². The lowest BCUT2D eigenvalue weighted by molar-refractivity contribution is -0.153. The standard InChI is InChI=1S/C15H16BrF6N3S/c1-3-26-12(13(2)7-11(24-25-13)15(20,21)22)23-8-4-5-10(16)9(6-8)14(17,18)19/h4-6,11,24-25H,3,7H2,1-2H3. The van der Waals surface area contributed by atoms with Crippen LogP contribution < -0.4 is 10.9 Å². The molecular weight excluding hydrogens is 448 g/mol. The Hall–Kier alpha value is -0.780. The van der Waals surface area contributed by atoms with Gasteiger partial charge in [0.2, 0.25) is 0 Å². The van der Waals surface area contributed by atoms with E-state index in [1.165, 1.54) is 30.8 Å². The minimum Gasteiger partial charge on any atom is -0.245 e. The maximum absolute atomic E-state index is 13.0. The van der Waals surface area contributed by atoms with Crippen LogP contribution in [0.15, 0.2) is 27.7 Å². The van der Waals surface area contributed by atoms with Gasteiger partial charge in [-0.25, -0.2) is 15.8 Å². The Labute approximate surface area is 159 Å². The van der Waals surface area contributed by atoms with E-state index in [1.54, 1.807) is 6.92 Å². The fraction of sp³-hybridized carbons (Fsp3) is 0.533. The molecule has 0 amide bonds. The van der Waals surface area contributed by atoms with E-state index < -0.39 is 29.5 Å². The number of hydrazine groups is 1. The van der Waals surface area contributed by atoms with Gasteiger partial charge in [-0.2, -0.15) is 26.3 Å². The van der Waals surface area contributed by atoms with Crippen LogP contribution in [0.3, 0.4) is 0 Å². The number of nitrogens with one attached hydrogen (secondary N) is 2. The van der Waals surface area contributed by atoms with Crippen molar-refractivity contribution in [1.82, 2.24) is 10.9 Å². The van der Waals surface area contributed by atoms with Crippen molar-refractivity contribution >= 4 is 38.4 Å². The molecule has 2 N–H and O–H groups in total. The fourth-order valence-electron chi connectivity index (χ4n) is 2.46. The molecule has 0 bridgehead atoms. The Kier molecular flexibility index (Phi) is 6.36. The molecule has 3 nitrogen and oxygen atoms in total. The van der Waals surface area contributed by atoms with E-state index in [2.05, 4.69) is 31.8 Å². The molecule has 11 heteroatoms. The van der Waals surface area contributed by atoms with E-state index in [1.807, 2.05) is 0 Å². The van der Waals surface area contributed by atoms with Crippen LogP contribution in [0, 0.1) is 0 Å². The molecule has 1 aliphatic rings. The van der Waals surface area contributed by atoms with E-state index in [9.17, 15) is 26.3 Å². The maximum atomic E-state index is 13.0. The van der Waals surface area contributed by atoms with Gasteiger partial charge in [0, 0.05) is 4.47 Å². The zero-order valence-corrected chi connectivity index (χ0v) is 16.1. The molecule has 1 aromatic carbocycles. The quantitative estimate of drug-likeness (QED) is 0.356. The SMILES string of the molecule is CCSC(=Nc1ccc(Br)c(C(F)(F)F)c1)C1(C)CC(C(F)(F)F)NN1. The summed E-state index contributed by atoms with van der Waals surface area (Å²) in [5.74, 6) is 0.509. The fourth-order valence-corrected chi connectivity index (χ4v) is 3.83. The lowest BCUT2D eigenvalue weighted by atomic mass is 9.97. The molecule has 26 heavy (non-hydrogen) atoms. The molecule has 1 aliphatic heterocycles. The molecule has 0 spiro atoms. The predicted molar refractivity (Wildman–Crippen MR) is 93.5 cm³/mol. The molecule has 1 fully saturated rings. The highest BCUT2D eigenvalue weighted by atomic mass is 79.9. The number of halogens is 7. The Morgan fingerprint density at radius 2 is 1.96 bits per heavy atom. The molecule has 1 aromatic rings. The summed E-state index contributed by atoms with van der Waals surface area (Å²) in [5, 5.41) is 0.287. The number of benzene rings is 1. The van der Waals surface area contributed by atoms with Crippen molar-refractivity contribution < 1.29 is 26.3 Å². The van der Waals surface area contributed by atoms with Crippen LogP contribution in [-0.4, -0.2) is 28.6 Å². The maximum Gasteiger partial charge on any atom is 0.417 e. The van der Waals surface area contributed by atoms with Crippen molar-refractivity contribution in [3.63, 3.8) is 0 Å². The van der Waals surface area contributed by atoms with Gasteiger partial charge in [-0.1, -0.05) is 22.9 Å². The largest absolute Gasteiger partial charge is 0.417 e. The van der Waals surface area contributed by atoms with Crippen LogP contribution in [-0.2, 0) is 6.18 Å². The summed E-state index contributed by atoms with van der Waals surface area (Å²) in [4.78, 5) is 4.22. The van der Waals surface area contributed by atoms with E-state index in [0.29, 0.717) is 5.75 Å². The van der Waals surface area contributed by atoms with Crippen LogP contribution in [0.25, 0.3) is 0 Å². The molecule has 2 unspecified atom stereocenters. The van der Waals surface area contributed by atoms with E-state index in [-0.39, 0.29) is 21.6 Å². The molecule has 0 aliphatic carbocycles. The number of hydrogen-bond donors (Lipinski definition) is 2. The second kappa shape index (κ2) is 7.69. The number of thioether (sulfide) groups is 1. The van der Waals surface area contributed by atoms with Gasteiger partial charge in [-0.3, -0.25) is 0 Å². The Balaban J connectivity index is 2.39. The third-order valence-electron chi connectivity index (χ3n) is 3.77. The minimum atomic E-state index is -4.57. The first-order valence-electron chi connectivity index (χ1n) is 7.55. The normalized spacial score (nSPS) is 25.0. The second-order valence-electron chi connectivity index (χ2n) is 5.91. The summed E-state index contributed by atoms with van der Waals surface area (Å²) >= 11 is 4.03. The molecule has 1 saturated heterocycles. The van der Waals surface area contributed by atoms with Crippen molar-refractivity contribution in [3.8, 4) is 0 Å².